The molecule has 0 saturated heterocycles. The first-order valence-corrected chi connectivity index (χ1v) is 10.3. The number of aromatic nitrogens is 1. The summed E-state index contributed by atoms with van der Waals surface area (Å²) >= 11 is 1.29. The molecular weight excluding hydrogens is 409 g/mol. The number of carbonyl (C=O) groups excluding carboxylic acids is 2. The van der Waals surface area contributed by atoms with Crippen LogP contribution in [0.4, 0.5) is 9.52 Å². The molecule has 0 fully saturated rings. The number of fused-ring (bicyclic) bond motifs is 2. The van der Waals surface area contributed by atoms with Crippen LogP contribution in [0.3, 0.4) is 0 Å². The van der Waals surface area contributed by atoms with Gasteiger partial charge in [-0.1, -0.05) is 37.3 Å². The van der Waals surface area contributed by atoms with Crippen LogP contribution in [0.2, 0.25) is 0 Å². The average molecular weight is 429 g/mol. The SMILES string of the molecule is CC(C)C(NC(=O)c1ccccc1F)C(=O)Nc1nc2cc3c(cc2s1)OCCO3. The summed E-state index contributed by atoms with van der Waals surface area (Å²) in [6, 6.07) is 8.39. The molecule has 0 saturated carbocycles. The summed E-state index contributed by atoms with van der Waals surface area (Å²) in [7, 11) is 0. The highest BCUT2D eigenvalue weighted by atomic mass is 32.1. The lowest BCUT2D eigenvalue weighted by Crippen LogP contribution is -2.47. The van der Waals surface area contributed by atoms with Gasteiger partial charge in [-0.15, -0.1) is 0 Å². The van der Waals surface area contributed by atoms with Crippen LogP contribution in [0.25, 0.3) is 10.2 Å². The second kappa shape index (κ2) is 8.27. The number of ether oxygens (including phenoxy) is 2. The zero-order valence-electron chi connectivity index (χ0n) is 16.4. The first kappa shape index (κ1) is 20.1. The van der Waals surface area contributed by atoms with E-state index in [1.807, 2.05) is 6.07 Å². The monoisotopic (exact) mass is 429 g/mol. The number of benzene rings is 2. The van der Waals surface area contributed by atoms with Crippen molar-refractivity contribution in [2.45, 2.75) is 19.9 Å². The Balaban J connectivity index is 1.51. The zero-order valence-corrected chi connectivity index (χ0v) is 17.2. The molecule has 1 unspecified atom stereocenters. The fourth-order valence-corrected chi connectivity index (χ4v) is 3.98. The normalized spacial score (nSPS) is 13.9. The molecule has 0 radical (unpaired) electrons. The molecule has 0 spiro atoms. The van der Waals surface area contributed by atoms with Crippen LogP contribution >= 0.6 is 11.3 Å². The molecular formula is C21H20FN3O4S. The van der Waals surface area contributed by atoms with Gasteiger partial charge in [0.1, 0.15) is 25.1 Å². The summed E-state index contributed by atoms with van der Waals surface area (Å²) in [6.45, 7) is 4.56. The van der Waals surface area contributed by atoms with Gasteiger partial charge in [0, 0.05) is 12.1 Å². The van der Waals surface area contributed by atoms with Gasteiger partial charge in [0.2, 0.25) is 5.91 Å². The fourth-order valence-electron chi connectivity index (χ4n) is 3.10. The Labute approximate surface area is 176 Å². The third-order valence-corrected chi connectivity index (χ3v) is 5.57. The van der Waals surface area contributed by atoms with Gasteiger partial charge in [-0.2, -0.15) is 0 Å². The van der Waals surface area contributed by atoms with E-state index in [1.165, 1.54) is 29.5 Å². The molecule has 9 heteroatoms. The van der Waals surface area contributed by atoms with Gasteiger partial charge in [0.05, 0.1) is 15.8 Å². The number of carbonyl (C=O) groups is 2. The second-order valence-corrected chi connectivity index (χ2v) is 8.18. The molecule has 1 aliphatic rings. The molecule has 2 N–H and O–H groups in total. The Bertz CT molecular complexity index is 1070. The van der Waals surface area contributed by atoms with Crippen molar-refractivity contribution in [2.75, 3.05) is 18.5 Å². The van der Waals surface area contributed by atoms with Crippen LogP contribution in [0.5, 0.6) is 11.5 Å². The first-order valence-electron chi connectivity index (χ1n) is 9.49. The predicted molar refractivity (Wildman–Crippen MR) is 112 cm³/mol. The van der Waals surface area contributed by atoms with E-state index in [1.54, 1.807) is 26.0 Å². The summed E-state index contributed by atoms with van der Waals surface area (Å²) < 4.78 is 25.9. The van der Waals surface area contributed by atoms with Crippen LogP contribution in [-0.2, 0) is 4.79 Å². The van der Waals surface area contributed by atoms with E-state index < -0.39 is 23.7 Å². The van der Waals surface area contributed by atoms with E-state index in [0.29, 0.717) is 35.4 Å². The number of nitrogens with zero attached hydrogens (tertiary/aromatic N) is 1. The standard InChI is InChI=1S/C21H20FN3O4S/c1-11(2)18(24-19(26)12-5-3-4-6-13(12)22)20(27)25-21-23-14-9-15-16(10-17(14)30-21)29-8-7-28-15/h3-6,9-11,18H,7-8H2,1-2H3,(H,24,26)(H,23,25,27). The third-order valence-electron chi connectivity index (χ3n) is 4.64. The van der Waals surface area contributed by atoms with E-state index in [0.717, 1.165) is 4.70 Å². The predicted octanol–water partition coefficient (Wildman–Crippen LogP) is 3.60. The van der Waals surface area contributed by atoms with Crippen LogP contribution in [-0.4, -0.2) is 36.1 Å². The van der Waals surface area contributed by atoms with Crippen molar-refractivity contribution >= 4 is 38.5 Å². The van der Waals surface area contributed by atoms with Crippen LogP contribution in [0, 0.1) is 11.7 Å². The minimum absolute atomic E-state index is 0.110. The Kier molecular flexibility index (Phi) is 5.54. The molecule has 1 aromatic heterocycles. The van der Waals surface area contributed by atoms with Gasteiger partial charge in [-0.3, -0.25) is 9.59 Å². The largest absolute Gasteiger partial charge is 0.486 e. The average Bonchev–Trinajstić information content (AvgIpc) is 3.10. The third kappa shape index (κ3) is 4.06. The van der Waals surface area contributed by atoms with E-state index >= 15 is 0 Å². The number of thiazole rings is 1. The lowest BCUT2D eigenvalue weighted by molar-refractivity contribution is -0.118. The maximum atomic E-state index is 13.9. The highest BCUT2D eigenvalue weighted by molar-refractivity contribution is 7.22. The number of halogens is 1. The molecule has 30 heavy (non-hydrogen) atoms. The number of amides is 2. The van der Waals surface area contributed by atoms with Gasteiger partial charge < -0.3 is 20.1 Å². The van der Waals surface area contributed by atoms with E-state index in [-0.39, 0.29) is 11.5 Å². The molecule has 0 aliphatic carbocycles. The number of anilines is 1. The summed E-state index contributed by atoms with van der Waals surface area (Å²) in [5.41, 5.74) is 0.567. The first-order chi connectivity index (χ1) is 14.4. The molecule has 1 atom stereocenters. The smallest absolute Gasteiger partial charge is 0.254 e. The number of nitrogens with one attached hydrogen (secondary N) is 2. The highest BCUT2D eigenvalue weighted by Gasteiger charge is 2.26. The maximum absolute atomic E-state index is 13.9. The molecule has 1 aliphatic heterocycles. The Hall–Kier alpha value is -3.20. The quantitative estimate of drug-likeness (QED) is 0.647. The van der Waals surface area contributed by atoms with Gasteiger partial charge in [0.25, 0.3) is 5.91 Å². The molecule has 2 heterocycles. The van der Waals surface area contributed by atoms with E-state index in [9.17, 15) is 14.0 Å². The second-order valence-electron chi connectivity index (χ2n) is 7.15. The summed E-state index contributed by atoms with van der Waals surface area (Å²) in [6.07, 6.45) is 0. The van der Waals surface area contributed by atoms with Crippen molar-refractivity contribution in [1.82, 2.24) is 10.3 Å². The summed E-state index contributed by atoms with van der Waals surface area (Å²) in [5.74, 6) is -0.664. The number of hydrogen-bond donors (Lipinski definition) is 2. The maximum Gasteiger partial charge on any atom is 0.254 e. The van der Waals surface area contributed by atoms with Crippen molar-refractivity contribution in [1.29, 1.82) is 0 Å². The topological polar surface area (TPSA) is 89.6 Å². The van der Waals surface area contributed by atoms with Gasteiger partial charge in [-0.25, -0.2) is 9.37 Å². The molecule has 3 aromatic rings. The molecule has 2 aromatic carbocycles. The summed E-state index contributed by atoms with van der Waals surface area (Å²) in [5, 5.41) is 5.76. The highest BCUT2D eigenvalue weighted by Crippen LogP contribution is 2.37. The van der Waals surface area contributed by atoms with Crippen molar-refractivity contribution in [3.63, 3.8) is 0 Å². The van der Waals surface area contributed by atoms with Crippen molar-refractivity contribution < 1.29 is 23.5 Å². The minimum Gasteiger partial charge on any atom is -0.486 e. The Morgan fingerprint density at radius 3 is 2.53 bits per heavy atom. The molecule has 156 valence electrons. The molecule has 0 bridgehead atoms. The summed E-state index contributed by atoms with van der Waals surface area (Å²) in [4.78, 5) is 29.7. The number of hydrogen-bond acceptors (Lipinski definition) is 6. The van der Waals surface area contributed by atoms with Gasteiger partial charge in [-0.05, 0) is 18.1 Å². The molecule has 4 rings (SSSR count). The van der Waals surface area contributed by atoms with Crippen LogP contribution < -0.4 is 20.1 Å². The number of rotatable bonds is 5. The van der Waals surface area contributed by atoms with E-state index in [4.69, 9.17) is 9.47 Å². The van der Waals surface area contributed by atoms with E-state index in [2.05, 4.69) is 15.6 Å². The molecule has 2 amide bonds. The Morgan fingerprint density at radius 2 is 1.83 bits per heavy atom. The van der Waals surface area contributed by atoms with Gasteiger partial charge in [0.15, 0.2) is 16.6 Å². The lowest BCUT2D eigenvalue weighted by Gasteiger charge is -2.21. The fraction of sp³-hybridized carbons (Fsp3) is 0.286. The van der Waals surface area contributed by atoms with Crippen LogP contribution in [0.15, 0.2) is 36.4 Å². The van der Waals surface area contributed by atoms with Crippen LogP contribution in [0.1, 0.15) is 24.2 Å². The van der Waals surface area contributed by atoms with Crippen molar-refractivity contribution in [3.8, 4) is 11.5 Å². The van der Waals surface area contributed by atoms with Crippen molar-refractivity contribution in [2.24, 2.45) is 5.92 Å². The van der Waals surface area contributed by atoms with Crippen molar-refractivity contribution in [3.05, 3.63) is 47.8 Å². The lowest BCUT2D eigenvalue weighted by atomic mass is 10.0. The minimum atomic E-state index is -0.857. The molecule has 7 nitrogen and oxygen atoms in total. The zero-order chi connectivity index (χ0) is 21.3. The Morgan fingerprint density at radius 1 is 1.13 bits per heavy atom. The van der Waals surface area contributed by atoms with Gasteiger partial charge >= 0.3 is 0 Å².